The molecule has 0 fully saturated rings. The maximum Gasteiger partial charge on any atom is 0.267 e. The zero-order valence-corrected chi connectivity index (χ0v) is 18.0. The van der Waals surface area contributed by atoms with Crippen LogP contribution in [0.4, 0.5) is 27.8 Å². The van der Waals surface area contributed by atoms with E-state index in [2.05, 4.69) is 25.3 Å². The lowest BCUT2D eigenvalue weighted by molar-refractivity contribution is 0.629. The molecule has 0 aliphatic carbocycles. The lowest BCUT2D eigenvalue weighted by Gasteiger charge is -2.21. The van der Waals surface area contributed by atoms with Crippen LogP contribution >= 0.6 is 23.2 Å². The summed E-state index contributed by atoms with van der Waals surface area (Å²) >= 11 is 12.3. The molecule has 164 valence electrons. The van der Waals surface area contributed by atoms with Gasteiger partial charge in [0, 0.05) is 0 Å². The highest BCUT2D eigenvalue weighted by Gasteiger charge is 2.22. The zero-order valence-electron chi connectivity index (χ0n) is 16.5. The van der Waals surface area contributed by atoms with Crippen molar-refractivity contribution in [1.29, 1.82) is 0 Å². The topological polar surface area (TPSA) is 164 Å². The van der Waals surface area contributed by atoms with E-state index in [0.717, 1.165) is 6.07 Å². The van der Waals surface area contributed by atoms with Crippen LogP contribution in [0.5, 0.6) is 0 Å². The molecule has 32 heavy (non-hydrogen) atoms. The van der Waals surface area contributed by atoms with Gasteiger partial charge in [0.05, 0.1) is 33.9 Å². The predicted octanol–water partition coefficient (Wildman–Crippen LogP) is 2.94. The summed E-state index contributed by atoms with van der Waals surface area (Å²) in [5, 5.41) is 2.68. The minimum absolute atomic E-state index is 0.0114. The lowest BCUT2D eigenvalue weighted by Crippen LogP contribution is -2.28. The van der Waals surface area contributed by atoms with Gasteiger partial charge in [-0.25, -0.2) is 14.4 Å². The number of pyridine rings is 1. The first-order chi connectivity index (χ1) is 15.2. The van der Waals surface area contributed by atoms with Crippen molar-refractivity contribution in [1.82, 2.24) is 24.5 Å². The molecule has 13 heteroatoms. The van der Waals surface area contributed by atoms with E-state index >= 15 is 0 Å². The van der Waals surface area contributed by atoms with Crippen molar-refractivity contribution in [3.05, 3.63) is 62.5 Å². The number of nitrogens with one attached hydrogen (secondary N) is 1. The van der Waals surface area contributed by atoms with Crippen LogP contribution in [0.15, 0.2) is 35.3 Å². The summed E-state index contributed by atoms with van der Waals surface area (Å²) in [7, 11) is 0. The molecule has 0 radical (unpaired) electrons. The number of aromatic nitrogens is 5. The highest BCUT2D eigenvalue weighted by Crippen LogP contribution is 2.30. The number of nitrogens with two attached hydrogens (primary N) is 3. The predicted molar refractivity (Wildman–Crippen MR) is 122 cm³/mol. The fourth-order valence-corrected chi connectivity index (χ4v) is 3.52. The highest BCUT2D eigenvalue weighted by molar-refractivity contribution is 6.35. The number of anilines is 4. The summed E-state index contributed by atoms with van der Waals surface area (Å²) in [5.41, 5.74) is 17.0. The van der Waals surface area contributed by atoms with Crippen LogP contribution < -0.4 is 28.1 Å². The average Bonchev–Trinajstić information content (AvgIpc) is 2.74. The summed E-state index contributed by atoms with van der Waals surface area (Å²) in [4.78, 5) is 29.9. The van der Waals surface area contributed by atoms with E-state index in [1.54, 1.807) is 13.0 Å². The lowest BCUT2D eigenvalue weighted by atomic mass is 10.2. The van der Waals surface area contributed by atoms with Gasteiger partial charge in [-0.1, -0.05) is 23.2 Å². The molecule has 0 spiro atoms. The van der Waals surface area contributed by atoms with E-state index in [1.807, 2.05) is 0 Å². The van der Waals surface area contributed by atoms with Crippen molar-refractivity contribution >= 4 is 57.5 Å². The van der Waals surface area contributed by atoms with Crippen molar-refractivity contribution in [2.75, 3.05) is 22.5 Å². The summed E-state index contributed by atoms with van der Waals surface area (Å²) in [6.45, 7) is 1.71. The molecule has 3 aromatic heterocycles. The van der Waals surface area contributed by atoms with Gasteiger partial charge in [0.15, 0.2) is 5.82 Å². The minimum atomic E-state index is -0.738. The van der Waals surface area contributed by atoms with E-state index in [0.29, 0.717) is 5.69 Å². The van der Waals surface area contributed by atoms with Crippen molar-refractivity contribution in [3.8, 4) is 5.69 Å². The molecule has 0 aliphatic heterocycles. The van der Waals surface area contributed by atoms with Gasteiger partial charge in [-0.2, -0.15) is 9.97 Å². The molecule has 10 nitrogen and oxygen atoms in total. The Balaban J connectivity index is 1.95. The molecular weight excluding hydrogens is 460 g/mol. The summed E-state index contributed by atoms with van der Waals surface area (Å²) in [6, 6.07) is 4.95. The van der Waals surface area contributed by atoms with Crippen LogP contribution in [0.3, 0.4) is 0 Å². The van der Waals surface area contributed by atoms with Gasteiger partial charge < -0.3 is 22.5 Å². The van der Waals surface area contributed by atoms with Crippen LogP contribution in [0.2, 0.25) is 10.0 Å². The quantitative estimate of drug-likeness (QED) is 0.347. The molecule has 1 aromatic carbocycles. The maximum absolute atomic E-state index is 14.1. The van der Waals surface area contributed by atoms with E-state index in [1.165, 1.54) is 22.9 Å². The van der Waals surface area contributed by atoms with Crippen molar-refractivity contribution in [3.63, 3.8) is 0 Å². The fraction of sp³-hybridized carbons (Fsp3) is 0.105. The molecule has 1 atom stereocenters. The van der Waals surface area contributed by atoms with Gasteiger partial charge in [0.1, 0.15) is 28.3 Å². The van der Waals surface area contributed by atoms with Crippen LogP contribution in [0, 0.1) is 5.82 Å². The number of hydrogen-bond donors (Lipinski definition) is 4. The third-order valence-corrected chi connectivity index (χ3v) is 5.36. The molecular formula is C19H16Cl2FN9O. The van der Waals surface area contributed by atoms with Gasteiger partial charge in [-0.15, -0.1) is 0 Å². The van der Waals surface area contributed by atoms with Gasteiger partial charge >= 0.3 is 0 Å². The highest BCUT2D eigenvalue weighted by atomic mass is 35.5. The Morgan fingerprint density at radius 3 is 2.50 bits per heavy atom. The second-order valence-electron chi connectivity index (χ2n) is 6.80. The van der Waals surface area contributed by atoms with Gasteiger partial charge in [-0.3, -0.25) is 9.36 Å². The number of nitrogens with zero attached hydrogens (tertiary/aromatic N) is 5. The summed E-state index contributed by atoms with van der Waals surface area (Å²) in [6.07, 6.45) is 1.39. The fourth-order valence-electron chi connectivity index (χ4n) is 3.14. The monoisotopic (exact) mass is 475 g/mol. The molecule has 1 unspecified atom stereocenters. The Bertz CT molecular complexity index is 1410. The van der Waals surface area contributed by atoms with Crippen LogP contribution in [0.25, 0.3) is 16.6 Å². The van der Waals surface area contributed by atoms with Crippen molar-refractivity contribution < 1.29 is 4.39 Å². The number of fused-ring (bicyclic) bond motifs is 1. The van der Waals surface area contributed by atoms with E-state index in [4.69, 9.17) is 40.4 Å². The third-order valence-electron chi connectivity index (χ3n) is 4.62. The van der Waals surface area contributed by atoms with E-state index in [-0.39, 0.29) is 50.2 Å². The number of halogens is 3. The normalized spacial score (nSPS) is 12.1. The second-order valence-corrected chi connectivity index (χ2v) is 7.56. The maximum atomic E-state index is 14.1. The molecule has 0 aliphatic rings. The minimum Gasteiger partial charge on any atom is -0.384 e. The molecule has 4 aromatic rings. The zero-order chi connectivity index (χ0) is 23.2. The molecule has 4 rings (SSSR count). The first-order valence-electron chi connectivity index (χ1n) is 9.15. The Labute approximate surface area is 190 Å². The van der Waals surface area contributed by atoms with Gasteiger partial charge in [0.25, 0.3) is 5.56 Å². The summed E-state index contributed by atoms with van der Waals surface area (Å²) < 4.78 is 15.3. The molecule has 7 N–H and O–H groups in total. The van der Waals surface area contributed by atoms with E-state index < -0.39 is 17.4 Å². The molecule has 0 bridgehead atoms. The van der Waals surface area contributed by atoms with Crippen LogP contribution in [-0.4, -0.2) is 24.5 Å². The third kappa shape index (κ3) is 3.72. The molecule has 3 heterocycles. The average molecular weight is 476 g/mol. The van der Waals surface area contributed by atoms with Crippen LogP contribution in [0.1, 0.15) is 18.8 Å². The smallest absolute Gasteiger partial charge is 0.267 e. The Hall–Kier alpha value is -3.70. The Morgan fingerprint density at radius 1 is 1.06 bits per heavy atom. The number of rotatable bonds is 4. The van der Waals surface area contributed by atoms with Crippen molar-refractivity contribution in [2.45, 2.75) is 13.0 Å². The molecule has 0 saturated carbocycles. The van der Waals surface area contributed by atoms with Gasteiger partial charge in [0.2, 0.25) is 5.95 Å². The SMILES string of the molecule is CC(Nc1nc(N)nc(N)c1Cl)c1nc2ccc(F)c(Cl)c2c(=O)n1-c1ccc(N)nc1. The standard InChI is InChI=1S/C19H16Cl2FN9O/c1-7(27-16-14(21)15(24)29-19(25)30-16)17-28-10-4-3-9(22)13(20)12(10)18(32)31(17)8-2-5-11(23)26-6-8/h2-7H,1H3,(H2,23,26)(H5,24,25,27,29,30). The largest absolute Gasteiger partial charge is 0.384 e. The number of benzene rings is 1. The summed E-state index contributed by atoms with van der Waals surface area (Å²) in [5.74, 6) is -0.192. The van der Waals surface area contributed by atoms with E-state index in [9.17, 15) is 9.18 Å². The first kappa shape index (κ1) is 21.5. The molecule has 0 saturated heterocycles. The van der Waals surface area contributed by atoms with Crippen molar-refractivity contribution in [2.24, 2.45) is 0 Å². The van der Waals surface area contributed by atoms with Crippen LogP contribution in [-0.2, 0) is 0 Å². The second kappa shape index (κ2) is 8.09. The number of hydrogen-bond acceptors (Lipinski definition) is 9. The Kier molecular flexibility index (Phi) is 5.45. The molecule has 0 amide bonds. The Morgan fingerprint density at radius 2 is 1.81 bits per heavy atom. The number of nitrogen functional groups attached to an aromatic ring is 3. The first-order valence-corrected chi connectivity index (χ1v) is 9.90. The van der Waals surface area contributed by atoms with Gasteiger partial charge in [-0.05, 0) is 31.2 Å².